The molecule has 0 radical (unpaired) electrons. The number of rotatable bonds is 0. The van der Waals surface area contributed by atoms with E-state index in [0.29, 0.717) is 4.77 Å². The first kappa shape index (κ1) is 10.9. The number of hydrogen-bond donors (Lipinski definition) is 2. The topological polar surface area (TPSA) is 54.3 Å². The molecular weight excluding hydrogens is 218 g/mol. The molecule has 0 spiro atoms. The van der Waals surface area contributed by atoms with Crippen LogP contribution in [0.1, 0.15) is 0 Å². The van der Waals surface area contributed by atoms with Crippen LogP contribution >= 0.6 is 24.4 Å². The molecule has 14 heavy (non-hydrogen) atoms. The first-order valence-electron chi connectivity index (χ1n) is 3.87. The normalized spacial score (nSPS) is 9.29. The molecule has 0 unspecified atom stereocenters. The predicted molar refractivity (Wildman–Crippen MR) is 59.0 cm³/mol. The lowest BCUT2D eigenvalue weighted by Crippen LogP contribution is -1.81. The monoisotopic (exact) mass is 229 g/mol. The quantitative estimate of drug-likeness (QED) is 0.674. The van der Waals surface area contributed by atoms with E-state index in [0.717, 1.165) is 4.77 Å². The highest BCUT2D eigenvalue weighted by Crippen LogP contribution is 1.81. The first-order valence-corrected chi connectivity index (χ1v) is 4.69. The summed E-state index contributed by atoms with van der Waals surface area (Å²) in [5.41, 5.74) is 0. The van der Waals surface area contributed by atoms with E-state index in [1.54, 1.807) is 10.9 Å². The lowest BCUT2D eigenvalue weighted by molar-refractivity contribution is 0.893. The fourth-order valence-corrected chi connectivity index (χ4v) is 0.921. The van der Waals surface area contributed by atoms with Gasteiger partial charge in [0, 0.05) is 26.5 Å². The molecule has 0 fully saturated rings. The van der Waals surface area contributed by atoms with Crippen molar-refractivity contribution in [2.24, 2.45) is 14.1 Å². The third kappa shape index (κ3) is 2.93. The molecule has 0 aromatic carbocycles. The summed E-state index contributed by atoms with van der Waals surface area (Å²) in [7, 11) is 3.74. The maximum Gasteiger partial charge on any atom is 0.194 e. The van der Waals surface area contributed by atoms with E-state index in [1.165, 1.54) is 0 Å². The molecule has 0 saturated carbocycles. The number of nitrogens with zero attached hydrogens (tertiary/aromatic N) is 3. The van der Waals surface area contributed by atoms with E-state index in [4.69, 9.17) is 24.4 Å². The third-order valence-electron chi connectivity index (χ3n) is 1.54. The lowest BCUT2D eigenvalue weighted by atomic mass is 10.9. The van der Waals surface area contributed by atoms with Crippen molar-refractivity contribution in [3.8, 4) is 0 Å². The molecule has 7 heteroatoms. The summed E-state index contributed by atoms with van der Waals surface area (Å²) in [6, 6.07) is 0. The molecule has 0 bridgehead atoms. The van der Waals surface area contributed by atoms with Crippen LogP contribution in [0, 0.1) is 9.54 Å². The summed E-state index contributed by atoms with van der Waals surface area (Å²) in [5, 5.41) is 6.25. The SMILES string of the molecule is Cn1cc[nH]c1=S.Cn1cn[nH]c1=S. The average Bonchev–Trinajstić information content (AvgIpc) is 2.67. The second kappa shape index (κ2) is 4.87. The molecule has 2 rings (SSSR count). The van der Waals surface area contributed by atoms with Crippen molar-refractivity contribution >= 4 is 24.4 Å². The summed E-state index contributed by atoms with van der Waals surface area (Å²) >= 11 is 9.53. The van der Waals surface area contributed by atoms with E-state index < -0.39 is 0 Å². The van der Waals surface area contributed by atoms with Gasteiger partial charge >= 0.3 is 0 Å². The van der Waals surface area contributed by atoms with Gasteiger partial charge in [0.2, 0.25) is 0 Å². The van der Waals surface area contributed by atoms with E-state index >= 15 is 0 Å². The van der Waals surface area contributed by atoms with Crippen LogP contribution in [-0.4, -0.2) is 24.3 Å². The molecule has 76 valence electrons. The Morgan fingerprint density at radius 2 is 1.93 bits per heavy atom. The van der Waals surface area contributed by atoms with Gasteiger partial charge in [0.25, 0.3) is 0 Å². The van der Waals surface area contributed by atoms with E-state index in [2.05, 4.69) is 15.2 Å². The molecule has 0 saturated heterocycles. The van der Waals surface area contributed by atoms with Gasteiger partial charge in [0.1, 0.15) is 6.33 Å². The van der Waals surface area contributed by atoms with Crippen LogP contribution in [0.15, 0.2) is 18.7 Å². The number of aromatic nitrogens is 5. The largest absolute Gasteiger partial charge is 0.337 e. The van der Waals surface area contributed by atoms with Gasteiger partial charge in [-0.15, -0.1) is 0 Å². The number of imidazole rings is 1. The van der Waals surface area contributed by atoms with E-state index in [-0.39, 0.29) is 0 Å². The summed E-state index contributed by atoms with van der Waals surface area (Å²) < 4.78 is 4.99. The predicted octanol–water partition coefficient (Wildman–Crippen LogP) is 1.56. The smallest absolute Gasteiger partial charge is 0.194 e. The fraction of sp³-hybridized carbons (Fsp3) is 0.286. The fourth-order valence-electron chi connectivity index (χ4n) is 0.692. The van der Waals surface area contributed by atoms with Crippen LogP contribution in [0.25, 0.3) is 0 Å². The van der Waals surface area contributed by atoms with Crippen molar-refractivity contribution in [2.75, 3.05) is 0 Å². The zero-order chi connectivity index (χ0) is 10.6. The van der Waals surface area contributed by atoms with E-state index in [9.17, 15) is 0 Å². The summed E-state index contributed by atoms with van der Waals surface area (Å²) in [6.07, 6.45) is 5.31. The van der Waals surface area contributed by atoms with Gasteiger partial charge in [-0.05, 0) is 24.4 Å². The highest BCUT2D eigenvalue weighted by molar-refractivity contribution is 7.71. The standard InChI is InChI=1S/C4H6N2S.C3H5N3S/c1-6-3-2-5-4(6)7;1-6-2-4-5-3(6)7/h2-3H,1H3,(H,5,7);2H,1H3,(H,5,7). The molecule has 2 aromatic heterocycles. The van der Waals surface area contributed by atoms with Gasteiger partial charge in [-0.3, -0.25) is 5.10 Å². The number of hydrogen-bond acceptors (Lipinski definition) is 3. The minimum atomic E-state index is 0.653. The summed E-state index contributed by atoms with van der Waals surface area (Å²) in [6.45, 7) is 0. The van der Waals surface area contributed by atoms with Crippen molar-refractivity contribution in [3.63, 3.8) is 0 Å². The van der Waals surface area contributed by atoms with Gasteiger partial charge < -0.3 is 14.1 Å². The molecule has 0 amide bonds. The number of aryl methyl sites for hydroxylation is 2. The molecule has 2 heterocycles. The minimum Gasteiger partial charge on any atom is -0.337 e. The Morgan fingerprint density at radius 3 is 2.07 bits per heavy atom. The Bertz CT molecular complexity index is 442. The molecule has 0 aliphatic carbocycles. The Morgan fingerprint density at radius 1 is 1.21 bits per heavy atom. The maximum atomic E-state index is 4.79. The molecule has 2 N–H and O–H groups in total. The van der Waals surface area contributed by atoms with Gasteiger partial charge in [0.15, 0.2) is 9.54 Å². The zero-order valence-electron chi connectivity index (χ0n) is 7.89. The second-order valence-electron chi connectivity index (χ2n) is 2.65. The highest BCUT2D eigenvalue weighted by atomic mass is 32.1. The molecule has 0 atom stereocenters. The average molecular weight is 229 g/mol. The van der Waals surface area contributed by atoms with Crippen LogP contribution in [-0.2, 0) is 14.1 Å². The number of nitrogens with one attached hydrogen (secondary N) is 2. The molecule has 0 aliphatic heterocycles. The number of H-pyrrole nitrogens is 2. The number of aromatic amines is 2. The van der Waals surface area contributed by atoms with Crippen molar-refractivity contribution in [2.45, 2.75) is 0 Å². The third-order valence-corrected chi connectivity index (χ3v) is 2.32. The van der Waals surface area contributed by atoms with Crippen LogP contribution in [0.3, 0.4) is 0 Å². The summed E-state index contributed by atoms with van der Waals surface area (Å²) in [4.78, 5) is 2.85. The lowest BCUT2D eigenvalue weighted by Gasteiger charge is -1.79. The Hall–Kier alpha value is -1.21. The Balaban J connectivity index is 0.000000140. The molecule has 5 nitrogen and oxygen atoms in total. The first-order chi connectivity index (χ1) is 6.61. The van der Waals surface area contributed by atoms with Gasteiger partial charge in [-0.25, -0.2) is 0 Å². The molecule has 0 aliphatic rings. The molecule has 2 aromatic rings. The van der Waals surface area contributed by atoms with Gasteiger partial charge in [-0.1, -0.05) is 0 Å². The molecular formula is C7H11N5S2. The van der Waals surface area contributed by atoms with Gasteiger partial charge in [-0.2, -0.15) is 5.10 Å². The Kier molecular flexibility index (Phi) is 3.78. The van der Waals surface area contributed by atoms with Crippen LogP contribution in [0.2, 0.25) is 0 Å². The van der Waals surface area contributed by atoms with Crippen LogP contribution in [0.4, 0.5) is 0 Å². The van der Waals surface area contributed by atoms with Crippen molar-refractivity contribution in [3.05, 3.63) is 28.3 Å². The van der Waals surface area contributed by atoms with Crippen molar-refractivity contribution < 1.29 is 0 Å². The van der Waals surface area contributed by atoms with Crippen LogP contribution in [0.5, 0.6) is 0 Å². The highest BCUT2D eigenvalue weighted by Gasteiger charge is 1.78. The summed E-state index contributed by atoms with van der Waals surface area (Å²) in [5.74, 6) is 0. The van der Waals surface area contributed by atoms with Crippen molar-refractivity contribution in [1.82, 2.24) is 24.3 Å². The van der Waals surface area contributed by atoms with E-state index in [1.807, 2.05) is 31.1 Å². The Labute approximate surface area is 91.4 Å². The van der Waals surface area contributed by atoms with Gasteiger partial charge in [0.05, 0.1) is 0 Å². The van der Waals surface area contributed by atoms with Crippen molar-refractivity contribution in [1.29, 1.82) is 0 Å². The maximum absolute atomic E-state index is 4.79. The second-order valence-corrected chi connectivity index (χ2v) is 3.42. The van der Waals surface area contributed by atoms with Crippen LogP contribution < -0.4 is 0 Å². The minimum absolute atomic E-state index is 0.653. The zero-order valence-corrected chi connectivity index (χ0v) is 9.52.